The number of rotatable bonds is 33. The number of benzene rings is 1. The van der Waals surface area contributed by atoms with E-state index in [0.717, 1.165) is 50.9 Å². The Morgan fingerprint density at radius 1 is 0.804 bits per heavy atom. The molecule has 56 heavy (non-hydrogen) atoms. The van der Waals surface area contributed by atoms with Crippen LogP contribution in [0, 0.1) is 0 Å². The summed E-state index contributed by atoms with van der Waals surface area (Å²) < 4.78 is 49.4. The maximum absolute atomic E-state index is 13.0. The van der Waals surface area contributed by atoms with Gasteiger partial charge in [-0.05, 0) is 38.0 Å². The second-order valence-electron chi connectivity index (χ2n) is 12.8. The molecule has 2 rings (SSSR count). The number of hydrogen-bond acceptors (Lipinski definition) is 12. The first-order chi connectivity index (χ1) is 26.9. The van der Waals surface area contributed by atoms with Crippen LogP contribution in [0.25, 0.3) is 0 Å². The second-order valence-corrected chi connectivity index (χ2v) is 14.9. The Labute approximate surface area is 333 Å². The Morgan fingerprint density at radius 3 is 1.98 bits per heavy atom. The predicted molar refractivity (Wildman–Crippen MR) is 207 cm³/mol. The Bertz CT molecular complexity index is 1580. The zero-order valence-electron chi connectivity index (χ0n) is 32.0. The molecule has 2 amide bonds. The number of halogens is 1. The van der Waals surface area contributed by atoms with Crippen LogP contribution in [0.4, 0.5) is 5.95 Å². The minimum Gasteiger partial charge on any atom is -0.492 e. The fraction of sp³-hybridized carbons (Fsp3) is 0.622. The van der Waals surface area contributed by atoms with Crippen molar-refractivity contribution in [3.05, 3.63) is 41.2 Å². The number of hydrogen-bond donors (Lipinski definition) is 5. The van der Waals surface area contributed by atoms with Gasteiger partial charge in [-0.3, -0.25) is 14.4 Å². The van der Waals surface area contributed by atoms with E-state index in [2.05, 4.69) is 25.3 Å². The molecule has 314 valence electrons. The summed E-state index contributed by atoms with van der Waals surface area (Å²) in [6.07, 6.45) is 16.0. The molecule has 0 aliphatic heterocycles. The van der Waals surface area contributed by atoms with Gasteiger partial charge >= 0.3 is 11.9 Å². The van der Waals surface area contributed by atoms with Crippen LogP contribution in [-0.4, -0.2) is 105 Å². The molecule has 2 aromatic rings. The van der Waals surface area contributed by atoms with Gasteiger partial charge in [-0.2, -0.15) is 0 Å². The third kappa shape index (κ3) is 21.8. The summed E-state index contributed by atoms with van der Waals surface area (Å²) in [6, 6.07) is 4.14. The van der Waals surface area contributed by atoms with Crippen molar-refractivity contribution in [3.8, 4) is 5.75 Å². The average molecular weight is 830 g/mol. The lowest BCUT2D eigenvalue weighted by Gasteiger charge is -2.18. The van der Waals surface area contributed by atoms with Crippen LogP contribution in [0.5, 0.6) is 5.75 Å². The highest BCUT2D eigenvalue weighted by atomic mass is 35.5. The van der Waals surface area contributed by atoms with Gasteiger partial charge in [0.25, 0.3) is 15.9 Å². The van der Waals surface area contributed by atoms with Crippen molar-refractivity contribution in [1.29, 1.82) is 0 Å². The normalized spacial score (nSPS) is 11.8. The van der Waals surface area contributed by atoms with Gasteiger partial charge in [0.15, 0.2) is 6.23 Å². The largest absolute Gasteiger partial charge is 0.492 e. The average Bonchev–Trinajstić information content (AvgIpc) is 3.14. The Morgan fingerprint density at radius 2 is 1.41 bits per heavy atom. The highest BCUT2D eigenvalue weighted by Crippen LogP contribution is 2.28. The number of carboxylic acids is 2. The van der Waals surface area contributed by atoms with Crippen LogP contribution in [0.1, 0.15) is 107 Å². The van der Waals surface area contributed by atoms with Crippen LogP contribution in [0.15, 0.2) is 35.5 Å². The van der Waals surface area contributed by atoms with Crippen LogP contribution in [-0.2, 0) is 38.6 Å². The quantitative estimate of drug-likeness (QED) is 0.0460. The Hall–Kier alpha value is -4.10. The molecule has 0 radical (unpaired) electrons. The van der Waals surface area contributed by atoms with E-state index in [4.69, 9.17) is 40.8 Å². The zero-order valence-corrected chi connectivity index (χ0v) is 33.5. The van der Waals surface area contributed by atoms with Gasteiger partial charge in [0, 0.05) is 32.0 Å². The zero-order chi connectivity index (χ0) is 41.0. The molecular formula is C37H56ClN5O12S. The topological polar surface area (TPSA) is 242 Å². The lowest BCUT2D eigenvalue weighted by molar-refractivity contribution is -0.145. The Balaban J connectivity index is 1.62. The number of ether oxygens (including phenoxy) is 4. The molecule has 0 saturated carbocycles. The number of carboxylic acid groups (broad SMARTS) is 2. The van der Waals surface area contributed by atoms with Gasteiger partial charge < -0.3 is 39.8 Å². The molecule has 0 bridgehead atoms. The number of nitrogens with one attached hydrogen (secondary N) is 3. The number of sulfonamides is 1. The summed E-state index contributed by atoms with van der Waals surface area (Å²) >= 11 is 6.33. The van der Waals surface area contributed by atoms with Gasteiger partial charge in [-0.1, -0.05) is 82.2 Å². The standard InChI is InChI=1S/C37H56ClN5O12S/c1-2-54-33(26-53-27-35(47)48)42-32(44)25-52-21-19-39-36(49)28-23-40-37(41-24-28)43-56(50,51)29-17-18-31(30(38)22-29)55-20-15-13-11-9-7-5-3-4-6-8-10-12-14-16-34(45)46/h17-18,22-24,33H,2-16,19-21,25-27H2,1H3,(H,39,49)(H,42,44)(H,45,46)(H,47,48)(H,40,41,43). The summed E-state index contributed by atoms with van der Waals surface area (Å²) in [7, 11) is -4.11. The van der Waals surface area contributed by atoms with Crippen molar-refractivity contribution >= 4 is 51.3 Å². The van der Waals surface area contributed by atoms with E-state index in [0.29, 0.717) is 12.4 Å². The number of anilines is 1. The smallest absolute Gasteiger partial charge is 0.329 e. The number of unbranched alkanes of at least 4 members (excludes halogenated alkanes) is 12. The fourth-order valence-electron chi connectivity index (χ4n) is 5.26. The minimum absolute atomic E-state index is 0.0108. The van der Waals surface area contributed by atoms with Crippen molar-refractivity contribution < 1.29 is 56.8 Å². The van der Waals surface area contributed by atoms with E-state index in [-0.39, 0.29) is 60.8 Å². The third-order valence-corrected chi connectivity index (χ3v) is 9.72. The van der Waals surface area contributed by atoms with Crippen LogP contribution in [0.2, 0.25) is 5.02 Å². The molecule has 0 aliphatic carbocycles. The van der Waals surface area contributed by atoms with Gasteiger partial charge in [-0.15, -0.1) is 0 Å². The lowest BCUT2D eigenvalue weighted by atomic mass is 10.0. The predicted octanol–water partition coefficient (Wildman–Crippen LogP) is 5.18. The molecule has 1 unspecified atom stereocenters. The first-order valence-corrected chi connectivity index (χ1v) is 20.8. The van der Waals surface area contributed by atoms with E-state index in [1.807, 2.05) is 0 Å². The number of nitrogens with zero attached hydrogens (tertiary/aromatic N) is 2. The number of carbonyl (C=O) groups excluding carboxylic acids is 2. The molecule has 1 aromatic carbocycles. The molecule has 1 atom stereocenters. The van der Waals surface area contributed by atoms with E-state index < -0.39 is 46.6 Å². The van der Waals surface area contributed by atoms with E-state index in [1.165, 1.54) is 63.1 Å². The first-order valence-electron chi connectivity index (χ1n) is 19.0. The lowest BCUT2D eigenvalue weighted by Crippen LogP contribution is -2.42. The maximum atomic E-state index is 13.0. The van der Waals surface area contributed by atoms with Crippen molar-refractivity contribution in [2.24, 2.45) is 0 Å². The summed E-state index contributed by atoms with van der Waals surface area (Å²) in [5.74, 6) is -2.83. The molecule has 1 aromatic heterocycles. The van der Waals surface area contributed by atoms with Crippen LogP contribution >= 0.6 is 11.6 Å². The molecule has 5 N–H and O–H groups in total. The first kappa shape index (κ1) is 48.0. The second kappa shape index (κ2) is 28.3. The van der Waals surface area contributed by atoms with Gasteiger partial charge in [-0.25, -0.2) is 27.9 Å². The van der Waals surface area contributed by atoms with Crippen molar-refractivity contribution in [3.63, 3.8) is 0 Å². The summed E-state index contributed by atoms with van der Waals surface area (Å²) in [5, 5.41) is 22.5. The molecule has 19 heteroatoms. The minimum atomic E-state index is -4.11. The molecule has 1 heterocycles. The van der Waals surface area contributed by atoms with Crippen molar-refractivity contribution in [2.75, 3.05) is 50.9 Å². The number of amides is 2. The van der Waals surface area contributed by atoms with Gasteiger partial charge in [0.05, 0.1) is 35.3 Å². The van der Waals surface area contributed by atoms with Gasteiger partial charge in [0.2, 0.25) is 11.9 Å². The fourth-order valence-corrected chi connectivity index (χ4v) is 6.54. The summed E-state index contributed by atoms with van der Waals surface area (Å²) in [6.45, 7) is 1.41. The van der Waals surface area contributed by atoms with Gasteiger partial charge in [0.1, 0.15) is 19.0 Å². The molecule has 0 spiro atoms. The summed E-state index contributed by atoms with van der Waals surface area (Å²) in [4.78, 5) is 53.4. The van der Waals surface area contributed by atoms with Crippen LogP contribution in [0.3, 0.4) is 0 Å². The number of aliphatic carboxylic acids is 2. The highest BCUT2D eigenvalue weighted by molar-refractivity contribution is 7.92. The van der Waals surface area contributed by atoms with Crippen molar-refractivity contribution in [1.82, 2.24) is 20.6 Å². The molecule has 17 nitrogen and oxygen atoms in total. The SMILES string of the molecule is CCOC(COCC(=O)O)NC(=O)COCCNC(=O)c1cnc(NS(=O)(=O)c2ccc(OCCCCCCCCCCCCCCCC(=O)O)c(Cl)c2)nc1. The molecule has 0 fully saturated rings. The molecule has 0 aliphatic rings. The van der Waals surface area contributed by atoms with Crippen molar-refractivity contribution in [2.45, 2.75) is 108 Å². The Kier molecular flexibility index (Phi) is 24.3. The van der Waals surface area contributed by atoms with E-state index in [1.54, 1.807) is 6.92 Å². The molecular weight excluding hydrogens is 774 g/mol. The third-order valence-electron chi connectivity index (χ3n) is 8.10. The van der Waals surface area contributed by atoms with E-state index >= 15 is 0 Å². The summed E-state index contributed by atoms with van der Waals surface area (Å²) in [5.41, 5.74) is 0.0575. The maximum Gasteiger partial charge on any atom is 0.329 e. The highest BCUT2D eigenvalue weighted by Gasteiger charge is 2.19. The molecule has 0 saturated heterocycles. The van der Waals surface area contributed by atoms with E-state index in [9.17, 15) is 27.6 Å². The monoisotopic (exact) mass is 829 g/mol. The number of aromatic nitrogens is 2. The van der Waals surface area contributed by atoms with Crippen LogP contribution < -0.4 is 20.1 Å². The number of carbonyl (C=O) groups is 4.